The Kier molecular flexibility index (Phi) is 8.01. The van der Waals surface area contributed by atoms with Crippen LogP contribution in [0, 0.1) is 13.8 Å². The van der Waals surface area contributed by atoms with E-state index in [1.54, 1.807) is 6.20 Å². The van der Waals surface area contributed by atoms with E-state index in [0.29, 0.717) is 25.9 Å². The quantitative estimate of drug-likeness (QED) is 0.230. The summed E-state index contributed by atoms with van der Waals surface area (Å²) in [5.74, 6) is 0.0892. The van der Waals surface area contributed by atoms with Crippen molar-refractivity contribution in [1.29, 1.82) is 0 Å². The molecule has 0 fully saturated rings. The average Bonchev–Trinajstić information content (AvgIpc) is 3.48. The molecule has 2 aromatic heterocycles. The highest BCUT2D eigenvalue weighted by molar-refractivity contribution is 5.94. The molecule has 9 bridgehead atoms. The summed E-state index contributed by atoms with van der Waals surface area (Å²) >= 11 is 0. The second-order valence-corrected chi connectivity index (χ2v) is 12.8. The topological polar surface area (TPSA) is 81.0 Å². The van der Waals surface area contributed by atoms with E-state index in [-0.39, 0.29) is 17.6 Å². The summed E-state index contributed by atoms with van der Waals surface area (Å²) in [6.45, 7) is 6.14. The van der Waals surface area contributed by atoms with Gasteiger partial charge in [-0.05, 0) is 103 Å². The normalized spacial score (nSPS) is 16.9. The van der Waals surface area contributed by atoms with Crippen molar-refractivity contribution in [3.63, 3.8) is 0 Å². The van der Waals surface area contributed by atoms with Crippen LogP contribution in [0.1, 0.15) is 86.6 Å². The summed E-state index contributed by atoms with van der Waals surface area (Å²) in [5, 5.41) is 9.17. The number of amides is 1. The van der Waals surface area contributed by atoms with E-state index in [9.17, 15) is 9.59 Å². The Morgan fingerprint density at radius 1 is 0.889 bits per heavy atom. The van der Waals surface area contributed by atoms with Crippen LogP contribution in [0.25, 0.3) is 11.0 Å². The van der Waals surface area contributed by atoms with Gasteiger partial charge >= 0.3 is 0 Å². The Balaban J connectivity index is 1.28. The molecule has 1 atom stereocenters. The third-order valence-corrected chi connectivity index (χ3v) is 9.63. The van der Waals surface area contributed by atoms with E-state index in [1.807, 2.05) is 40.8 Å². The minimum absolute atomic E-state index is 0.0746. The lowest BCUT2D eigenvalue weighted by molar-refractivity contribution is -0.118. The van der Waals surface area contributed by atoms with Gasteiger partial charge in [0.15, 0.2) is 0 Å². The van der Waals surface area contributed by atoms with Gasteiger partial charge in [-0.15, -0.1) is 5.10 Å². The Morgan fingerprint density at radius 3 is 2.58 bits per heavy atom. The Hall–Kier alpha value is -4.65. The lowest BCUT2D eigenvalue weighted by Gasteiger charge is -2.30. The van der Waals surface area contributed by atoms with Crippen molar-refractivity contribution >= 4 is 22.7 Å². The van der Waals surface area contributed by atoms with Crippen LogP contribution >= 0.6 is 0 Å². The third-order valence-electron chi connectivity index (χ3n) is 9.63. The van der Waals surface area contributed by atoms with Gasteiger partial charge in [0.05, 0.1) is 5.52 Å². The first-order chi connectivity index (χ1) is 21.9. The van der Waals surface area contributed by atoms with Crippen LogP contribution < -0.4 is 0 Å². The molecule has 7 nitrogen and oxygen atoms in total. The number of nitrogens with zero attached hydrogens (tertiary/aromatic N) is 5. The molecule has 1 unspecified atom stereocenters. The predicted molar refractivity (Wildman–Crippen MR) is 175 cm³/mol. The number of Topliss-reactive ketones (excluding diaryl/α,β-unsaturated/α-hetero) is 1. The van der Waals surface area contributed by atoms with Crippen molar-refractivity contribution in [3.8, 4) is 0 Å². The number of carbonyl (C=O) groups excluding carboxylic acids is 2. The summed E-state index contributed by atoms with van der Waals surface area (Å²) in [5.41, 5.74) is 11.5. The van der Waals surface area contributed by atoms with Gasteiger partial charge in [-0.25, -0.2) is 4.68 Å². The molecule has 10 rings (SSSR count). The highest BCUT2D eigenvalue weighted by atomic mass is 16.2. The summed E-state index contributed by atoms with van der Waals surface area (Å²) in [6, 6.07) is 23.0. The molecular weight excluding hydrogens is 558 g/mol. The average molecular weight is 598 g/mol. The van der Waals surface area contributed by atoms with Crippen LogP contribution in [0.4, 0.5) is 0 Å². The minimum Gasteiger partial charge on any atom is -0.334 e. The van der Waals surface area contributed by atoms with E-state index >= 15 is 0 Å². The smallest absolute Gasteiger partial charge is 0.254 e. The molecule has 0 saturated heterocycles. The fourth-order valence-corrected chi connectivity index (χ4v) is 6.99. The maximum atomic E-state index is 13.7. The van der Waals surface area contributed by atoms with Gasteiger partial charge in [0.2, 0.25) is 0 Å². The summed E-state index contributed by atoms with van der Waals surface area (Å²) in [4.78, 5) is 33.6. The van der Waals surface area contributed by atoms with Gasteiger partial charge < -0.3 is 4.90 Å². The molecule has 45 heavy (non-hydrogen) atoms. The van der Waals surface area contributed by atoms with Crippen molar-refractivity contribution in [2.24, 2.45) is 0 Å². The molecule has 0 radical (unpaired) electrons. The first-order valence-electron chi connectivity index (χ1n) is 16.2. The van der Waals surface area contributed by atoms with Gasteiger partial charge in [0, 0.05) is 55.8 Å². The number of hydrogen-bond donors (Lipinski definition) is 0. The molecule has 7 heteroatoms. The van der Waals surface area contributed by atoms with Crippen LogP contribution in [-0.2, 0) is 37.1 Å². The van der Waals surface area contributed by atoms with E-state index in [1.165, 1.54) is 11.1 Å². The number of hydrogen-bond acceptors (Lipinski definition) is 5. The lowest BCUT2D eigenvalue weighted by atomic mass is 9.82. The number of ketones is 1. The standard InChI is InChI=1S/C38H39N5O2/c1-25-7-8-28(23-39-25)20-33(44)22-35-31-14-13-29-17-19-42(24-32(29)21-31)38(45)30-11-9-27(10-12-30)6-4-3-5-18-43-36-16-15-34(35)26(2)37(36)40-41-43/h7-16,21,23,35H,3-6,17-20,22,24H2,1-2H3. The van der Waals surface area contributed by atoms with E-state index in [4.69, 9.17) is 0 Å². The summed E-state index contributed by atoms with van der Waals surface area (Å²) < 4.78 is 2.02. The Morgan fingerprint density at radius 2 is 1.76 bits per heavy atom. The number of pyridine rings is 1. The van der Waals surface area contributed by atoms with Gasteiger partial charge in [0.1, 0.15) is 11.3 Å². The number of aromatic nitrogens is 4. The summed E-state index contributed by atoms with van der Waals surface area (Å²) in [6.07, 6.45) is 7.51. The molecule has 5 aromatic rings. The predicted octanol–water partition coefficient (Wildman–Crippen LogP) is 6.70. The van der Waals surface area contributed by atoms with Crippen molar-refractivity contribution in [2.45, 2.75) is 77.8 Å². The van der Waals surface area contributed by atoms with Crippen LogP contribution in [-0.4, -0.2) is 43.1 Å². The van der Waals surface area contributed by atoms with Crippen molar-refractivity contribution in [2.75, 3.05) is 6.54 Å². The lowest BCUT2D eigenvalue weighted by Crippen LogP contribution is -2.36. The van der Waals surface area contributed by atoms with E-state index in [2.05, 4.69) is 64.7 Å². The number of benzene rings is 3. The van der Waals surface area contributed by atoms with E-state index in [0.717, 1.165) is 88.8 Å². The SMILES string of the molecule is Cc1ccc(CC(=O)CC2c3ccc4c(c3)CN(CC4)C(=O)c3ccc(cc3)CCCCCn3nnc4c(C)c2ccc43)cn1. The van der Waals surface area contributed by atoms with Gasteiger partial charge in [-0.3, -0.25) is 14.6 Å². The number of rotatable bonds is 4. The molecule has 1 amide bonds. The molecule has 5 aliphatic heterocycles. The molecule has 3 aromatic carbocycles. The molecule has 5 aliphatic rings. The zero-order valence-electron chi connectivity index (χ0n) is 26.1. The second kappa shape index (κ2) is 12.4. The second-order valence-electron chi connectivity index (χ2n) is 12.8. The molecule has 0 spiro atoms. The molecule has 0 N–H and O–H groups in total. The molecule has 0 aliphatic carbocycles. The highest BCUT2D eigenvalue weighted by Gasteiger charge is 2.26. The first-order valence-corrected chi connectivity index (χ1v) is 16.2. The Labute approximate surface area is 264 Å². The first kappa shape index (κ1) is 29.1. The molecular formula is C38H39N5O2. The third kappa shape index (κ3) is 6.04. The van der Waals surface area contributed by atoms with Gasteiger partial charge in [0.25, 0.3) is 5.91 Å². The number of aryl methyl sites for hydroxylation is 4. The largest absolute Gasteiger partial charge is 0.334 e. The highest BCUT2D eigenvalue weighted by Crippen LogP contribution is 2.36. The molecule has 228 valence electrons. The fourth-order valence-electron chi connectivity index (χ4n) is 6.99. The van der Waals surface area contributed by atoms with Crippen LogP contribution in [0.5, 0.6) is 0 Å². The van der Waals surface area contributed by atoms with Crippen molar-refractivity contribution < 1.29 is 9.59 Å². The molecule has 0 saturated carbocycles. The maximum Gasteiger partial charge on any atom is 0.254 e. The fraction of sp³-hybridized carbons (Fsp3) is 0.342. The van der Waals surface area contributed by atoms with Crippen LogP contribution in [0.15, 0.2) is 72.9 Å². The van der Waals surface area contributed by atoms with Crippen LogP contribution in [0.2, 0.25) is 0 Å². The zero-order chi connectivity index (χ0) is 30.9. The van der Waals surface area contributed by atoms with Crippen LogP contribution in [0.3, 0.4) is 0 Å². The van der Waals surface area contributed by atoms with Crippen molar-refractivity contribution in [3.05, 3.63) is 123 Å². The number of carbonyl (C=O) groups is 2. The van der Waals surface area contributed by atoms with Gasteiger partial charge in [-0.1, -0.05) is 54.1 Å². The minimum atomic E-state index is -0.150. The molecule has 7 heterocycles. The van der Waals surface area contributed by atoms with Gasteiger partial charge in [-0.2, -0.15) is 0 Å². The zero-order valence-corrected chi connectivity index (χ0v) is 26.1. The monoisotopic (exact) mass is 597 g/mol. The maximum absolute atomic E-state index is 13.7. The van der Waals surface area contributed by atoms with Crippen molar-refractivity contribution in [1.82, 2.24) is 24.9 Å². The summed E-state index contributed by atoms with van der Waals surface area (Å²) in [7, 11) is 0. The Bertz CT molecular complexity index is 1870. The van der Waals surface area contributed by atoms with E-state index < -0.39 is 0 Å².